The predicted molar refractivity (Wildman–Crippen MR) is 78.7 cm³/mol. The molecule has 8 heteroatoms. The fraction of sp³-hybridized carbons (Fsp3) is 0.154. The molecule has 2 aromatic rings. The summed E-state index contributed by atoms with van der Waals surface area (Å²) >= 11 is 11.6. The molecule has 21 heavy (non-hydrogen) atoms. The molecule has 0 aliphatic heterocycles. The smallest absolute Gasteiger partial charge is 0.358 e. The average Bonchev–Trinajstić information content (AvgIpc) is 2.31. The third-order valence-electron chi connectivity index (χ3n) is 2.66. The Morgan fingerprint density at radius 3 is 2.43 bits per heavy atom. The van der Waals surface area contributed by atoms with Crippen molar-refractivity contribution in [2.45, 2.75) is 17.6 Å². The molecule has 0 atom stereocenters. The Labute approximate surface area is 130 Å². The number of aromatic hydroxyl groups is 1. The first-order valence-corrected chi connectivity index (χ1v) is 8.12. The summed E-state index contributed by atoms with van der Waals surface area (Å²) in [4.78, 5) is 10.9. The topological polar surface area (TPSA) is 84.6 Å². The lowest BCUT2D eigenvalue weighted by Crippen LogP contribution is -2.16. The van der Waals surface area contributed by atoms with Crippen molar-refractivity contribution < 1.29 is 17.9 Å². The van der Waals surface area contributed by atoms with Gasteiger partial charge in [-0.25, -0.2) is 13.2 Å². The number of halogens is 2. The van der Waals surface area contributed by atoms with Gasteiger partial charge in [-0.05, 0) is 24.6 Å². The van der Waals surface area contributed by atoms with E-state index in [-0.39, 0.29) is 15.8 Å². The molecule has 2 rings (SSSR count). The van der Waals surface area contributed by atoms with Crippen LogP contribution in [0, 0.1) is 6.92 Å². The summed E-state index contributed by atoms with van der Waals surface area (Å²) in [6.07, 6.45) is 0. The minimum atomic E-state index is -4.08. The third-order valence-corrected chi connectivity index (χ3v) is 5.11. The van der Waals surface area contributed by atoms with Gasteiger partial charge in [-0.1, -0.05) is 29.3 Å². The summed E-state index contributed by atoms with van der Waals surface area (Å²) < 4.78 is 29.2. The zero-order chi connectivity index (χ0) is 15.8. The van der Waals surface area contributed by atoms with Crippen molar-refractivity contribution in [2.24, 2.45) is 0 Å². The van der Waals surface area contributed by atoms with Crippen LogP contribution >= 0.6 is 23.2 Å². The Kier molecular flexibility index (Phi) is 4.32. The van der Waals surface area contributed by atoms with E-state index in [0.717, 1.165) is 6.07 Å². The van der Waals surface area contributed by atoms with Gasteiger partial charge < -0.3 is 9.52 Å². The minimum Gasteiger partial charge on any atom is -0.506 e. The van der Waals surface area contributed by atoms with Gasteiger partial charge in [-0.3, -0.25) is 0 Å². The van der Waals surface area contributed by atoms with Crippen LogP contribution in [0.4, 0.5) is 0 Å². The van der Waals surface area contributed by atoms with Crippen molar-refractivity contribution in [2.75, 3.05) is 0 Å². The second kappa shape index (κ2) is 5.71. The van der Waals surface area contributed by atoms with Crippen LogP contribution < -0.4 is 5.63 Å². The van der Waals surface area contributed by atoms with E-state index >= 15 is 0 Å². The summed E-state index contributed by atoms with van der Waals surface area (Å²) in [7, 11) is -4.08. The van der Waals surface area contributed by atoms with E-state index < -0.39 is 31.9 Å². The molecule has 0 spiro atoms. The van der Waals surface area contributed by atoms with Crippen LogP contribution in [-0.4, -0.2) is 13.5 Å². The Hall–Kier alpha value is -1.50. The fourth-order valence-electron chi connectivity index (χ4n) is 1.79. The Morgan fingerprint density at radius 2 is 1.86 bits per heavy atom. The zero-order valence-electron chi connectivity index (χ0n) is 10.8. The van der Waals surface area contributed by atoms with E-state index in [9.17, 15) is 18.3 Å². The number of aryl methyl sites for hydroxylation is 1. The lowest BCUT2D eigenvalue weighted by Gasteiger charge is -2.07. The van der Waals surface area contributed by atoms with Gasteiger partial charge in [0.05, 0.1) is 15.8 Å². The summed E-state index contributed by atoms with van der Waals surface area (Å²) in [6.45, 7) is 1.43. The normalized spacial score (nSPS) is 11.6. The summed E-state index contributed by atoms with van der Waals surface area (Å²) in [5, 5.41) is 10.2. The average molecular weight is 349 g/mol. The molecule has 112 valence electrons. The highest BCUT2D eigenvalue weighted by Crippen LogP contribution is 2.27. The molecular weight excluding hydrogens is 339 g/mol. The molecule has 0 aliphatic carbocycles. The van der Waals surface area contributed by atoms with Crippen LogP contribution in [0.25, 0.3) is 0 Å². The van der Waals surface area contributed by atoms with Crippen molar-refractivity contribution in [3.8, 4) is 5.75 Å². The van der Waals surface area contributed by atoms with Crippen LogP contribution in [0.2, 0.25) is 10.0 Å². The molecule has 5 nitrogen and oxygen atoms in total. The van der Waals surface area contributed by atoms with E-state index in [1.54, 1.807) is 0 Å². The molecule has 0 fully saturated rings. The Balaban J connectivity index is 2.48. The molecule has 0 unspecified atom stereocenters. The molecule has 0 amide bonds. The molecule has 1 aromatic heterocycles. The van der Waals surface area contributed by atoms with Gasteiger partial charge in [0.15, 0.2) is 14.7 Å². The van der Waals surface area contributed by atoms with Gasteiger partial charge in [0, 0.05) is 6.07 Å². The number of rotatable bonds is 3. The van der Waals surface area contributed by atoms with Gasteiger partial charge in [-0.2, -0.15) is 0 Å². The second-order valence-electron chi connectivity index (χ2n) is 4.37. The molecule has 0 saturated heterocycles. The van der Waals surface area contributed by atoms with Gasteiger partial charge in [-0.15, -0.1) is 0 Å². The number of hydrogen-bond acceptors (Lipinski definition) is 5. The van der Waals surface area contributed by atoms with E-state index in [4.69, 9.17) is 27.6 Å². The van der Waals surface area contributed by atoms with Crippen LogP contribution in [0.1, 0.15) is 11.3 Å². The van der Waals surface area contributed by atoms with E-state index in [2.05, 4.69) is 0 Å². The highest BCUT2D eigenvalue weighted by Gasteiger charge is 2.25. The van der Waals surface area contributed by atoms with Gasteiger partial charge in [0.1, 0.15) is 11.5 Å². The molecule has 1 heterocycles. The predicted octanol–water partition coefficient (Wildman–Crippen LogP) is 2.93. The number of benzene rings is 1. The quantitative estimate of drug-likeness (QED) is 0.921. The van der Waals surface area contributed by atoms with E-state index in [1.807, 2.05) is 0 Å². The zero-order valence-corrected chi connectivity index (χ0v) is 13.1. The van der Waals surface area contributed by atoms with Gasteiger partial charge >= 0.3 is 5.63 Å². The molecule has 0 aliphatic rings. The maximum atomic E-state index is 12.3. The summed E-state index contributed by atoms with van der Waals surface area (Å²) in [5.74, 6) is -1.03. The van der Waals surface area contributed by atoms with Crippen molar-refractivity contribution in [1.29, 1.82) is 0 Å². The molecular formula is C13H10Cl2O5S. The first-order valence-electron chi connectivity index (χ1n) is 5.71. The van der Waals surface area contributed by atoms with Crippen molar-refractivity contribution in [3.63, 3.8) is 0 Å². The van der Waals surface area contributed by atoms with Crippen LogP contribution in [-0.2, 0) is 15.6 Å². The molecule has 0 radical (unpaired) electrons. The lowest BCUT2D eigenvalue weighted by molar-refractivity contribution is 0.407. The van der Waals surface area contributed by atoms with E-state index in [0.29, 0.717) is 5.56 Å². The first kappa shape index (κ1) is 15.9. The van der Waals surface area contributed by atoms with Gasteiger partial charge in [0.25, 0.3) is 0 Å². The summed E-state index contributed by atoms with van der Waals surface area (Å²) in [6, 6.07) is 5.38. The number of hydrogen-bond donors (Lipinski definition) is 1. The van der Waals surface area contributed by atoms with Crippen molar-refractivity contribution >= 4 is 33.0 Å². The maximum absolute atomic E-state index is 12.3. The molecule has 1 aromatic carbocycles. The highest BCUT2D eigenvalue weighted by atomic mass is 35.5. The van der Waals surface area contributed by atoms with Crippen LogP contribution in [0.15, 0.2) is 38.4 Å². The van der Waals surface area contributed by atoms with Crippen LogP contribution in [0.5, 0.6) is 5.75 Å². The number of sulfone groups is 1. The SMILES string of the molecule is Cc1cc(O)c(S(=O)(=O)Cc2ccc(Cl)c(Cl)c2)c(=O)o1. The maximum Gasteiger partial charge on any atom is 0.358 e. The third kappa shape index (κ3) is 3.40. The summed E-state index contributed by atoms with van der Waals surface area (Å²) in [5.41, 5.74) is -0.767. The molecule has 1 N–H and O–H groups in total. The van der Waals surface area contributed by atoms with Crippen molar-refractivity contribution in [3.05, 3.63) is 56.1 Å². The monoisotopic (exact) mass is 348 g/mol. The van der Waals surface area contributed by atoms with Gasteiger partial charge in [0.2, 0.25) is 0 Å². The fourth-order valence-corrected chi connectivity index (χ4v) is 3.55. The van der Waals surface area contributed by atoms with Crippen LogP contribution in [0.3, 0.4) is 0 Å². The second-order valence-corrected chi connectivity index (χ2v) is 7.11. The standard InChI is InChI=1S/C13H10Cl2O5S/c1-7-4-11(16)12(13(17)20-7)21(18,19)6-8-2-3-9(14)10(15)5-8/h2-5,16H,6H2,1H3. The highest BCUT2D eigenvalue weighted by molar-refractivity contribution is 7.90. The minimum absolute atomic E-state index is 0.117. The Morgan fingerprint density at radius 1 is 1.19 bits per heavy atom. The molecule has 0 saturated carbocycles. The Bertz CT molecular complexity index is 855. The largest absolute Gasteiger partial charge is 0.506 e. The first-order chi connectivity index (χ1) is 9.70. The van der Waals surface area contributed by atoms with Crippen molar-refractivity contribution in [1.82, 2.24) is 0 Å². The molecule has 0 bridgehead atoms. The van der Waals surface area contributed by atoms with E-state index in [1.165, 1.54) is 25.1 Å². The lowest BCUT2D eigenvalue weighted by atomic mass is 10.2.